The Labute approximate surface area is 201 Å². The zero-order valence-corrected chi connectivity index (χ0v) is 19.8. The van der Waals surface area contributed by atoms with Crippen LogP contribution in [0, 0.1) is 71.2 Å². The van der Waals surface area contributed by atoms with E-state index in [1.165, 1.54) is 0 Å². The first-order valence-corrected chi connectivity index (χ1v) is 5.18. The van der Waals surface area contributed by atoms with Gasteiger partial charge in [0.15, 0.2) is 0 Å². The molecule has 0 rings (SSSR count). The number of carbonyl (C=O) groups excluding carboxylic acids is 6. The van der Waals surface area contributed by atoms with Crippen LogP contribution in [0.4, 0.5) is 0 Å². The van der Waals surface area contributed by atoms with Gasteiger partial charge in [0, 0.05) is 0 Å². The molecule has 0 N–H and O–H groups in total. The molecule has 0 aliphatic heterocycles. The second kappa shape index (κ2) is 23.4. The average molecular weight is 620 g/mol. The Morgan fingerprint density at radius 3 is 0.462 bits per heavy atom. The van der Waals surface area contributed by atoms with Crippen molar-refractivity contribution in [2.75, 3.05) is 0 Å². The minimum Gasteiger partial charge on any atom is -0.545 e. The largest absolute Gasteiger partial charge is 3.00 e. The molecule has 0 aromatic carbocycles. The fraction of sp³-hybridized carbons (Fsp3) is 0. The molecule has 0 spiro atoms. The summed E-state index contributed by atoms with van der Waals surface area (Å²) in [5, 5.41) is 56.5. The van der Waals surface area contributed by atoms with Crippen LogP contribution in [0.25, 0.3) is 0 Å². The maximum absolute atomic E-state index is 9.41. The van der Waals surface area contributed by atoms with E-state index in [9.17, 15) is 59.4 Å². The Kier molecular flexibility index (Phi) is 32.0. The zero-order chi connectivity index (χ0) is 19.7. The first-order valence-electron chi connectivity index (χ1n) is 5.18. The van der Waals surface area contributed by atoms with Gasteiger partial charge in [-0.1, -0.05) is 0 Å². The van der Waals surface area contributed by atoms with E-state index >= 15 is 0 Å². The molecule has 12 nitrogen and oxygen atoms in total. The predicted octanol–water partition coefficient (Wildman–Crippen LogP) is -8.87. The second-order valence-electron chi connectivity index (χ2n) is 2.91. The number of aliphatic carboxylic acids is 6. The third kappa shape index (κ3) is 57.1. The number of carboxylic acids is 6. The van der Waals surface area contributed by atoms with Gasteiger partial charge >= 0.3 is 71.2 Å². The first kappa shape index (κ1) is 35.5. The molecule has 0 saturated heterocycles. The Hall–Kier alpha value is -1.57. The molecule has 0 saturated carbocycles. The summed E-state index contributed by atoms with van der Waals surface area (Å²) in [6, 6.07) is 0. The quantitative estimate of drug-likeness (QED) is 0.252. The molecule has 0 heterocycles. The number of rotatable bonds is 6. The number of carbonyl (C=O) groups is 6. The molecule has 0 radical (unpaired) electrons. The standard InChI is InChI=1S/3C4H4O4.2La/c3*5-3(6)1-2-4(7)8;;/h3*1-2H,(H,5,6)(H,7,8);;/q;;;2*+3/p-6/b2*2-1+;2-1-;;. The van der Waals surface area contributed by atoms with Crippen molar-refractivity contribution < 1.29 is 131 Å². The monoisotopic (exact) mass is 620 g/mol. The van der Waals surface area contributed by atoms with Crippen LogP contribution in [0.1, 0.15) is 0 Å². The van der Waals surface area contributed by atoms with Crippen molar-refractivity contribution in [2.24, 2.45) is 0 Å². The van der Waals surface area contributed by atoms with Gasteiger partial charge in [0.05, 0.1) is 35.8 Å². The maximum atomic E-state index is 9.41. The van der Waals surface area contributed by atoms with E-state index in [0.29, 0.717) is 36.5 Å². The van der Waals surface area contributed by atoms with Crippen molar-refractivity contribution in [1.82, 2.24) is 0 Å². The molecule has 0 unspecified atom stereocenters. The van der Waals surface area contributed by atoms with Crippen LogP contribution < -0.4 is 30.6 Å². The molecule has 0 aliphatic rings. The van der Waals surface area contributed by atoms with Crippen molar-refractivity contribution in [3.8, 4) is 0 Å². The summed E-state index contributed by atoms with van der Waals surface area (Å²) < 4.78 is 0. The zero-order valence-electron chi connectivity index (χ0n) is 12.5. The molecule has 14 heteroatoms. The summed E-state index contributed by atoms with van der Waals surface area (Å²) in [7, 11) is 0. The van der Waals surface area contributed by atoms with Crippen LogP contribution in [0.3, 0.4) is 0 Å². The van der Waals surface area contributed by atoms with Crippen LogP contribution in [0.15, 0.2) is 36.5 Å². The van der Waals surface area contributed by atoms with E-state index in [4.69, 9.17) is 0 Å². The van der Waals surface area contributed by atoms with E-state index in [1.807, 2.05) is 0 Å². The van der Waals surface area contributed by atoms with Crippen molar-refractivity contribution >= 4 is 35.8 Å². The molecule has 0 aromatic rings. The minimum atomic E-state index is -1.55. The van der Waals surface area contributed by atoms with E-state index < -0.39 is 35.8 Å². The first-order chi connectivity index (χ1) is 10.9. The third-order valence-electron chi connectivity index (χ3n) is 1.07. The summed E-state index contributed by atoms with van der Waals surface area (Å²) in [4.78, 5) is 56.5. The van der Waals surface area contributed by atoms with Crippen molar-refractivity contribution in [3.05, 3.63) is 36.5 Å². The topological polar surface area (TPSA) is 241 Å². The van der Waals surface area contributed by atoms with E-state index in [1.54, 1.807) is 0 Å². The van der Waals surface area contributed by atoms with E-state index in [0.717, 1.165) is 0 Å². The van der Waals surface area contributed by atoms with Gasteiger partial charge in [-0.25, -0.2) is 0 Å². The third-order valence-corrected chi connectivity index (χ3v) is 1.07. The molecule has 0 bridgehead atoms. The van der Waals surface area contributed by atoms with Crippen LogP contribution >= 0.6 is 0 Å². The second-order valence-corrected chi connectivity index (χ2v) is 2.91. The van der Waals surface area contributed by atoms with Gasteiger partial charge in [0.25, 0.3) is 0 Å². The van der Waals surface area contributed by atoms with Gasteiger partial charge in [-0.2, -0.15) is 0 Å². The van der Waals surface area contributed by atoms with Gasteiger partial charge in [-0.15, -0.1) is 0 Å². The molecule has 0 aliphatic carbocycles. The predicted molar refractivity (Wildman–Crippen MR) is 57.5 cm³/mol. The SMILES string of the molecule is O=C([O-])/C=C/C(=O)[O-].O=C([O-])/C=C/C(=O)[O-].O=C([O-])/C=C\C(=O)[O-].[La+3].[La+3]. The van der Waals surface area contributed by atoms with Gasteiger partial charge in [-0.3, -0.25) is 0 Å². The van der Waals surface area contributed by atoms with E-state index in [2.05, 4.69) is 0 Å². The molecular weight excluding hydrogens is 614 g/mol. The molecule has 0 amide bonds. The summed E-state index contributed by atoms with van der Waals surface area (Å²) in [5.41, 5.74) is 0. The van der Waals surface area contributed by atoms with Crippen molar-refractivity contribution in [1.29, 1.82) is 0 Å². The van der Waals surface area contributed by atoms with Gasteiger partial charge < -0.3 is 59.4 Å². The Bertz CT molecular complexity index is 448. The molecular formula is C12H6La2O12. The number of hydrogen-bond donors (Lipinski definition) is 0. The Balaban J connectivity index is -0.0000000817. The molecule has 0 aromatic heterocycles. The van der Waals surface area contributed by atoms with Crippen molar-refractivity contribution in [3.63, 3.8) is 0 Å². The molecule has 0 atom stereocenters. The van der Waals surface area contributed by atoms with E-state index in [-0.39, 0.29) is 71.2 Å². The average Bonchev–Trinajstić information content (AvgIpc) is 2.42. The smallest absolute Gasteiger partial charge is 0.545 e. The molecule has 0 fully saturated rings. The summed E-state index contributed by atoms with van der Waals surface area (Å²) in [6.45, 7) is 0. The van der Waals surface area contributed by atoms with Gasteiger partial charge in [0.2, 0.25) is 0 Å². The van der Waals surface area contributed by atoms with Gasteiger partial charge in [-0.05, 0) is 36.5 Å². The van der Waals surface area contributed by atoms with Gasteiger partial charge in [0.1, 0.15) is 0 Å². The summed E-state index contributed by atoms with van der Waals surface area (Å²) in [6.07, 6.45) is 2.31. The number of carboxylic acid groups (broad SMARTS) is 6. The van der Waals surface area contributed by atoms with Crippen LogP contribution in [0.5, 0.6) is 0 Å². The Morgan fingerprint density at radius 2 is 0.423 bits per heavy atom. The van der Waals surface area contributed by atoms with Crippen molar-refractivity contribution in [2.45, 2.75) is 0 Å². The summed E-state index contributed by atoms with van der Waals surface area (Å²) >= 11 is 0. The Morgan fingerprint density at radius 1 is 0.346 bits per heavy atom. The van der Waals surface area contributed by atoms with Crippen LogP contribution in [-0.4, -0.2) is 35.8 Å². The maximum Gasteiger partial charge on any atom is 3.00 e. The molecule has 132 valence electrons. The molecule has 26 heavy (non-hydrogen) atoms. The minimum absolute atomic E-state index is 0. The fourth-order valence-corrected chi connectivity index (χ4v) is 0.408. The van der Waals surface area contributed by atoms with Crippen LogP contribution in [0.2, 0.25) is 0 Å². The summed E-state index contributed by atoms with van der Waals surface area (Å²) in [5.74, 6) is -9.28. The van der Waals surface area contributed by atoms with Crippen LogP contribution in [-0.2, 0) is 28.8 Å². The normalized spacial score (nSPS) is 8.77. The fourth-order valence-electron chi connectivity index (χ4n) is 0.408. The number of hydrogen-bond acceptors (Lipinski definition) is 12.